The fraction of sp³-hybridized carbons (Fsp3) is 0.865. The summed E-state index contributed by atoms with van der Waals surface area (Å²) in [6.07, 6.45) is 55.8. The molecule has 4 fully saturated rings. The number of methoxy groups -OCH3 is 4. The first-order valence-electron chi connectivity index (χ1n) is 44.1. The summed E-state index contributed by atoms with van der Waals surface area (Å²) >= 11 is 0. The van der Waals surface area contributed by atoms with Crippen LogP contribution in [0.1, 0.15) is 341 Å². The third-order valence-corrected chi connectivity index (χ3v) is 24.4. The molecule has 21 heteroatoms. The molecule has 0 spiro atoms. The fourth-order valence-electron chi connectivity index (χ4n) is 16.8. The number of carbonyl (C=O) groups is 2. The minimum absolute atomic E-state index is 0.0775. The van der Waals surface area contributed by atoms with Gasteiger partial charge in [-0.15, -0.1) is 0 Å². The average molecular weight is 1580 g/mol. The first kappa shape index (κ1) is 95.9. The molecule has 4 saturated heterocycles. The highest BCUT2D eigenvalue weighted by Gasteiger charge is 2.41. The molecule has 0 aliphatic carbocycles. The summed E-state index contributed by atoms with van der Waals surface area (Å²) in [5.41, 5.74) is 2.06. The number of aryl methyl sites for hydroxylation is 1. The first-order valence-corrected chi connectivity index (χ1v) is 45.5. The molecular weight excluding hydrogens is 1420 g/mol. The topological polar surface area (TPSA) is 227 Å². The predicted molar refractivity (Wildman–Crippen MR) is 431 cm³/mol. The van der Waals surface area contributed by atoms with Crippen molar-refractivity contribution in [3.8, 4) is 0 Å². The zero-order valence-electron chi connectivity index (χ0n) is 70.1. The molecule has 110 heavy (non-hydrogen) atoms. The van der Waals surface area contributed by atoms with Crippen LogP contribution in [-0.4, -0.2) is 179 Å². The van der Waals surface area contributed by atoms with Crippen LogP contribution in [0.2, 0.25) is 0 Å². The Kier molecular flexibility index (Phi) is 50.5. The van der Waals surface area contributed by atoms with E-state index < -0.39 is 28.3 Å². The number of benzene rings is 1. The van der Waals surface area contributed by atoms with Crippen molar-refractivity contribution in [3.05, 3.63) is 53.1 Å². The van der Waals surface area contributed by atoms with Crippen LogP contribution in [0.5, 0.6) is 0 Å². The van der Waals surface area contributed by atoms with Crippen LogP contribution in [0.15, 0.2) is 52.5 Å². The lowest BCUT2D eigenvalue weighted by molar-refractivity contribution is -0.140. The van der Waals surface area contributed by atoms with Crippen molar-refractivity contribution >= 4 is 22.1 Å². The quantitative estimate of drug-likeness (QED) is 0.0277. The second-order valence-corrected chi connectivity index (χ2v) is 34.4. The van der Waals surface area contributed by atoms with E-state index in [1.54, 1.807) is 65.7 Å². The molecule has 6 heterocycles. The molecule has 1 aromatic carbocycles. The number of hydrogen-bond acceptors (Lipinski definition) is 20. The standard InChI is InChI=1S/C48H80O11S.C41H74O9/c1-6-7-8-9-10-11-14-17-20-40(54-35-52-4)33-42-25-29-46(57-42)47-30-26-43(58-47)34-41(55-36-53-5)21-18-15-12-13-16-19-22-44(32-39-31-38(3)56-48(39)49)59-60(50,51)45-27-23-37(2)24-28-45;1-5-6-7-8-9-10-14-17-20-35(46-30-44-3)28-37-22-24-39(49-37)40-25-23-38(50-40)29-36(47-31-45-4)21-18-15-12-11-13-16-19-34(42)27-33-26-32(2)48-41(33)43/h23-24,27-28,31,38,40-44,46-47H,6-22,25-26,29-30,32-36H2,1-5H3;26,32,34-40,42H,5-25,27-31H2,1-4H3/t38-,40-,41-,42-,43-,44+,46-,47-;32-,34+,35-,36-,37-,38-,39-,40-/m11/s1. The van der Waals surface area contributed by atoms with Gasteiger partial charge in [0, 0.05) is 52.4 Å². The Balaban J connectivity index is 0.000000349. The molecule has 636 valence electrons. The second-order valence-electron chi connectivity index (χ2n) is 32.8. The van der Waals surface area contributed by atoms with Crippen LogP contribution in [0.25, 0.3) is 0 Å². The summed E-state index contributed by atoms with van der Waals surface area (Å²) in [7, 11) is 2.76. The number of hydrogen-bond donors (Lipinski definition) is 1. The highest BCUT2D eigenvalue weighted by molar-refractivity contribution is 7.86. The van der Waals surface area contributed by atoms with Crippen molar-refractivity contribution in [2.75, 3.05) is 55.6 Å². The lowest BCUT2D eigenvalue weighted by Crippen LogP contribution is -2.29. The highest BCUT2D eigenvalue weighted by atomic mass is 32.2. The third-order valence-electron chi connectivity index (χ3n) is 23.0. The molecule has 1 N–H and O–H groups in total. The maximum Gasteiger partial charge on any atom is 0.334 e. The summed E-state index contributed by atoms with van der Waals surface area (Å²) in [5, 5.41) is 10.3. The Bertz CT molecular complexity index is 2700. The Morgan fingerprint density at radius 1 is 0.391 bits per heavy atom. The minimum atomic E-state index is -3.97. The van der Waals surface area contributed by atoms with Gasteiger partial charge in [0.1, 0.15) is 39.4 Å². The van der Waals surface area contributed by atoms with Gasteiger partial charge in [-0.3, -0.25) is 4.18 Å². The second kappa shape index (κ2) is 58.0. The van der Waals surface area contributed by atoms with Crippen molar-refractivity contribution in [3.63, 3.8) is 0 Å². The van der Waals surface area contributed by atoms with Gasteiger partial charge in [-0.25, -0.2) is 9.59 Å². The van der Waals surface area contributed by atoms with Crippen molar-refractivity contribution in [1.29, 1.82) is 0 Å². The number of esters is 2. The molecule has 6 aliphatic heterocycles. The summed E-state index contributed by atoms with van der Waals surface area (Å²) in [5.74, 6) is -0.678. The fourth-order valence-corrected chi connectivity index (χ4v) is 17.9. The van der Waals surface area contributed by atoms with E-state index in [4.69, 9.17) is 70.5 Å². The number of aliphatic hydroxyl groups is 1. The van der Waals surface area contributed by atoms with E-state index in [0.717, 1.165) is 179 Å². The van der Waals surface area contributed by atoms with Crippen LogP contribution < -0.4 is 0 Å². The lowest BCUT2D eigenvalue weighted by atomic mass is 10.00. The Hall–Kier alpha value is -2.97. The molecule has 0 saturated carbocycles. The SMILES string of the molecule is CCCCCCCCCC[C@H](C[C@H]1CC[C@H]([C@H]2CC[C@H](C[C@@H](CCCCCCCC[C@@H](CC3=C[C@@H](C)OC3=O)OS(=O)(=O)c3ccc(C)cc3)OCOC)O2)O1)OCOC.CCCCCCCCCC[C@H](C[C@H]1CC[C@H]([C@H]2CC[C@H](C[C@@H](CCCCCCCC[C@H](O)CC3=C[C@@H](C)OC3=O)OCOC)O2)O1)OCOC. The largest absolute Gasteiger partial charge is 0.455 e. The highest BCUT2D eigenvalue weighted by Crippen LogP contribution is 2.38. The van der Waals surface area contributed by atoms with Gasteiger partial charge in [0.15, 0.2) is 0 Å². The zero-order chi connectivity index (χ0) is 78.8. The van der Waals surface area contributed by atoms with E-state index in [-0.39, 0.29) is 110 Å². The van der Waals surface area contributed by atoms with Gasteiger partial charge in [0.25, 0.3) is 10.1 Å². The lowest BCUT2D eigenvalue weighted by Gasteiger charge is -2.25. The molecule has 0 amide bonds. The molecule has 0 aromatic heterocycles. The molecule has 1 aromatic rings. The number of unbranched alkanes of at least 4 members (excludes halogenated alkanes) is 24. The van der Waals surface area contributed by atoms with E-state index in [2.05, 4.69) is 13.8 Å². The molecule has 20 nitrogen and oxygen atoms in total. The molecule has 16 atom stereocenters. The monoisotopic (exact) mass is 1580 g/mol. The molecule has 6 aliphatic rings. The van der Waals surface area contributed by atoms with Gasteiger partial charge in [-0.05, 0) is 161 Å². The molecule has 0 unspecified atom stereocenters. The Morgan fingerprint density at radius 2 is 0.673 bits per heavy atom. The molecule has 0 radical (unpaired) electrons. The van der Waals surface area contributed by atoms with Crippen LogP contribution >= 0.6 is 0 Å². The molecular formula is C89H154O20S. The number of cyclic esters (lactones) is 2. The van der Waals surface area contributed by atoms with Gasteiger partial charge in [0.05, 0.1) is 90.4 Å². The van der Waals surface area contributed by atoms with Crippen molar-refractivity contribution in [2.24, 2.45) is 0 Å². The molecule has 0 bridgehead atoms. The Morgan fingerprint density at radius 3 is 0.964 bits per heavy atom. The van der Waals surface area contributed by atoms with E-state index in [0.29, 0.717) is 44.4 Å². The van der Waals surface area contributed by atoms with Gasteiger partial charge < -0.3 is 71.4 Å². The molecule has 7 rings (SSSR count). The van der Waals surface area contributed by atoms with E-state index in [1.807, 2.05) is 19.9 Å². The summed E-state index contributed by atoms with van der Waals surface area (Å²) < 4.78 is 114. The van der Waals surface area contributed by atoms with Gasteiger partial charge in [0.2, 0.25) is 0 Å². The maximum atomic E-state index is 13.1. The Labute approximate surface area is 666 Å². The zero-order valence-corrected chi connectivity index (χ0v) is 70.9. The summed E-state index contributed by atoms with van der Waals surface area (Å²) in [6.45, 7) is 11.4. The van der Waals surface area contributed by atoms with E-state index in [1.165, 1.54) is 116 Å². The number of ether oxygens (including phenoxy) is 14. The van der Waals surface area contributed by atoms with Gasteiger partial charge >= 0.3 is 11.9 Å². The number of rotatable bonds is 65. The van der Waals surface area contributed by atoms with Crippen LogP contribution in [0.3, 0.4) is 0 Å². The maximum absolute atomic E-state index is 13.1. The predicted octanol–water partition coefficient (Wildman–Crippen LogP) is 20.0. The van der Waals surface area contributed by atoms with Crippen LogP contribution in [-0.2, 0) is 90.2 Å². The van der Waals surface area contributed by atoms with Crippen molar-refractivity contribution in [1.82, 2.24) is 0 Å². The van der Waals surface area contributed by atoms with Gasteiger partial charge in [-0.1, -0.05) is 211 Å². The third kappa shape index (κ3) is 40.3. The minimum Gasteiger partial charge on any atom is -0.455 e. The number of aliphatic hydroxyl groups excluding tert-OH is 1. The van der Waals surface area contributed by atoms with Crippen LogP contribution in [0, 0.1) is 6.92 Å². The number of carbonyl (C=O) groups excluding carboxylic acids is 2. The smallest absolute Gasteiger partial charge is 0.334 e. The summed E-state index contributed by atoms with van der Waals surface area (Å²) in [4.78, 5) is 24.2. The van der Waals surface area contributed by atoms with Gasteiger partial charge in [-0.2, -0.15) is 8.42 Å². The van der Waals surface area contributed by atoms with Crippen LogP contribution in [0.4, 0.5) is 0 Å². The first-order chi connectivity index (χ1) is 53.5. The van der Waals surface area contributed by atoms with Crippen molar-refractivity contribution in [2.45, 2.75) is 445 Å². The summed E-state index contributed by atoms with van der Waals surface area (Å²) in [6, 6.07) is 6.63. The van der Waals surface area contributed by atoms with E-state index in [9.17, 15) is 23.1 Å². The van der Waals surface area contributed by atoms with E-state index >= 15 is 0 Å². The normalized spacial score (nSPS) is 24.5. The van der Waals surface area contributed by atoms with Crippen molar-refractivity contribution < 1.29 is 93.6 Å². The average Bonchev–Trinajstić information content (AvgIpc) is 1.22.